The second-order valence-electron chi connectivity index (χ2n) is 5.93. The van der Waals surface area contributed by atoms with Gasteiger partial charge in [0.05, 0.1) is 5.56 Å². The first-order valence-corrected chi connectivity index (χ1v) is 8.57. The summed E-state index contributed by atoms with van der Waals surface area (Å²) in [7, 11) is 0. The zero-order valence-electron chi connectivity index (χ0n) is 13.8. The summed E-state index contributed by atoms with van der Waals surface area (Å²) < 4.78 is 5.17. The summed E-state index contributed by atoms with van der Waals surface area (Å²) in [6.07, 6.45) is 6.91. The van der Waals surface area contributed by atoms with Crippen LogP contribution >= 0.6 is 11.6 Å². The molecule has 5 nitrogen and oxygen atoms in total. The number of halogens is 1. The van der Waals surface area contributed by atoms with Gasteiger partial charge in [-0.05, 0) is 57.2 Å². The van der Waals surface area contributed by atoms with Crippen LogP contribution in [0.2, 0.25) is 5.02 Å². The van der Waals surface area contributed by atoms with Crippen molar-refractivity contribution in [1.82, 2.24) is 5.32 Å². The van der Waals surface area contributed by atoms with E-state index in [1.54, 1.807) is 13.0 Å². The van der Waals surface area contributed by atoms with E-state index in [1.165, 1.54) is 30.5 Å². The summed E-state index contributed by atoms with van der Waals surface area (Å²) in [5, 5.41) is 3.24. The fourth-order valence-electron chi connectivity index (χ4n) is 2.62. The largest absolute Gasteiger partial charge is 0.449 e. The maximum absolute atomic E-state index is 12.1. The van der Waals surface area contributed by atoms with Crippen LogP contribution in [0.4, 0.5) is 5.69 Å². The Bertz CT molecular complexity index is 643. The predicted octanol–water partition coefficient (Wildman–Crippen LogP) is 3.47. The molecule has 1 aromatic carbocycles. The van der Waals surface area contributed by atoms with Gasteiger partial charge in [-0.3, -0.25) is 4.79 Å². The van der Waals surface area contributed by atoms with Gasteiger partial charge in [-0.2, -0.15) is 0 Å². The standard InChI is InChI=1S/C18H23ClN2O3/c1-12(17(22)21-10-9-13-5-3-2-4-6-13)24-18(23)15-8-7-14(19)11-16(15)20/h5,7-8,11-12H,2-4,6,9-10,20H2,1H3,(H,21,22)/t12-/m1/s1. The Balaban J connectivity index is 1.80. The number of anilines is 1. The van der Waals surface area contributed by atoms with E-state index in [2.05, 4.69) is 11.4 Å². The average molecular weight is 351 g/mol. The number of nitrogens with one attached hydrogen (secondary N) is 1. The molecule has 0 saturated heterocycles. The highest BCUT2D eigenvalue weighted by atomic mass is 35.5. The fourth-order valence-corrected chi connectivity index (χ4v) is 2.80. The van der Waals surface area contributed by atoms with Crippen LogP contribution in [0.3, 0.4) is 0 Å². The summed E-state index contributed by atoms with van der Waals surface area (Å²) in [6.45, 7) is 2.09. The Hall–Kier alpha value is -2.01. The quantitative estimate of drug-likeness (QED) is 0.467. The van der Waals surface area contributed by atoms with E-state index in [0.717, 1.165) is 19.3 Å². The molecule has 24 heavy (non-hydrogen) atoms. The molecule has 1 aromatic rings. The number of rotatable bonds is 6. The van der Waals surface area contributed by atoms with Crippen molar-refractivity contribution in [2.24, 2.45) is 0 Å². The van der Waals surface area contributed by atoms with Gasteiger partial charge in [0.15, 0.2) is 6.10 Å². The summed E-state index contributed by atoms with van der Waals surface area (Å²) in [4.78, 5) is 24.1. The Morgan fingerprint density at radius 3 is 2.83 bits per heavy atom. The Morgan fingerprint density at radius 1 is 1.38 bits per heavy atom. The zero-order chi connectivity index (χ0) is 17.5. The molecule has 0 heterocycles. The van der Waals surface area contributed by atoms with E-state index >= 15 is 0 Å². The molecule has 0 aliphatic heterocycles. The van der Waals surface area contributed by atoms with Gasteiger partial charge in [0.1, 0.15) is 0 Å². The number of hydrogen-bond acceptors (Lipinski definition) is 4. The van der Waals surface area contributed by atoms with Crippen LogP contribution in [-0.4, -0.2) is 24.5 Å². The highest BCUT2D eigenvalue weighted by Gasteiger charge is 2.20. The van der Waals surface area contributed by atoms with Crippen molar-refractivity contribution in [1.29, 1.82) is 0 Å². The summed E-state index contributed by atoms with van der Waals surface area (Å²) >= 11 is 5.80. The molecular formula is C18H23ClN2O3. The first-order chi connectivity index (χ1) is 11.5. The normalized spacial score (nSPS) is 15.3. The van der Waals surface area contributed by atoms with Gasteiger partial charge < -0.3 is 15.8 Å². The van der Waals surface area contributed by atoms with Gasteiger partial charge >= 0.3 is 5.97 Å². The van der Waals surface area contributed by atoms with Gasteiger partial charge in [-0.25, -0.2) is 4.79 Å². The van der Waals surface area contributed by atoms with E-state index in [4.69, 9.17) is 22.1 Å². The SMILES string of the molecule is C[C@@H](OC(=O)c1ccc(Cl)cc1N)C(=O)NCCC1=CCCCC1. The molecule has 0 bridgehead atoms. The number of esters is 1. The molecule has 0 fully saturated rings. The van der Waals surface area contributed by atoms with Crippen LogP contribution in [-0.2, 0) is 9.53 Å². The van der Waals surface area contributed by atoms with E-state index in [0.29, 0.717) is 11.6 Å². The molecule has 3 N–H and O–H groups in total. The third kappa shape index (κ3) is 5.27. The maximum Gasteiger partial charge on any atom is 0.341 e. The summed E-state index contributed by atoms with van der Waals surface area (Å²) in [5.41, 5.74) is 7.56. The van der Waals surface area contributed by atoms with Crippen LogP contribution < -0.4 is 11.1 Å². The number of amides is 1. The zero-order valence-corrected chi connectivity index (χ0v) is 14.6. The molecule has 1 amide bonds. The minimum absolute atomic E-state index is 0.200. The third-order valence-electron chi connectivity index (χ3n) is 4.02. The van der Waals surface area contributed by atoms with E-state index < -0.39 is 12.1 Å². The smallest absolute Gasteiger partial charge is 0.341 e. The number of hydrogen-bond donors (Lipinski definition) is 2. The molecule has 1 aliphatic rings. The lowest BCUT2D eigenvalue weighted by molar-refractivity contribution is -0.129. The second kappa shape index (κ2) is 8.73. The Labute approximate surface area is 147 Å². The minimum atomic E-state index is -0.882. The van der Waals surface area contributed by atoms with Crippen LogP contribution in [0.1, 0.15) is 49.4 Å². The van der Waals surface area contributed by atoms with Crippen molar-refractivity contribution in [3.05, 3.63) is 40.4 Å². The Kier molecular flexibility index (Phi) is 6.67. The topological polar surface area (TPSA) is 81.4 Å². The number of nitrogens with two attached hydrogens (primary N) is 1. The molecule has 0 aromatic heterocycles. The first-order valence-electron chi connectivity index (χ1n) is 8.19. The molecular weight excluding hydrogens is 328 g/mol. The molecule has 130 valence electrons. The maximum atomic E-state index is 12.1. The van der Waals surface area contributed by atoms with Gasteiger partial charge in [0.25, 0.3) is 5.91 Å². The lowest BCUT2D eigenvalue weighted by Gasteiger charge is -2.16. The number of allylic oxidation sites excluding steroid dienone is 1. The lowest BCUT2D eigenvalue weighted by atomic mass is 9.97. The predicted molar refractivity (Wildman–Crippen MR) is 94.9 cm³/mol. The second-order valence-corrected chi connectivity index (χ2v) is 6.36. The molecule has 6 heteroatoms. The van der Waals surface area contributed by atoms with Gasteiger partial charge in [0, 0.05) is 17.3 Å². The van der Waals surface area contributed by atoms with Crippen molar-refractivity contribution in [3.63, 3.8) is 0 Å². The average Bonchev–Trinajstić information content (AvgIpc) is 2.55. The highest BCUT2D eigenvalue weighted by Crippen LogP contribution is 2.20. The van der Waals surface area contributed by atoms with Gasteiger partial charge in [-0.15, -0.1) is 0 Å². The summed E-state index contributed by atoms with van der Waals surface area (Å²) in [6, 6.07) is 4.51. The molecule has 2 rings (SSSR count). The molecule has 1 atom stereocenters. The van der Waals surface area contributed by atoms with Crippen LogP contribution in [0.5, 0.6) is 0 Å². The van der Waals surface area contributed by atoms with Gasteiger partial charge in [-0.1, -0.05) is 23.3 Å². The highest BCUT2D eigenvalue weighted by molar-refractivity contribution is 6.31. The lowest BCUT2D eigenvalue weighted by Crippen LogP contribution is -2.36. The third-order valence-corrected chi connectivity index (χ3v) is 4.25. The Morgan fingerprint density at radius 2 is 2.17 bits per heavy atom. The van der Waals surface area contributed by atoms with E-state index in [-0.39, 0.29) is 17.2 Å². The number of nitrogen functional groups attached to an aromatic ring is 1. The van der Waals surface area contributed by atoms with Gasteiger partial charge in [0.2, 0.25) is 0 Å². The van der Waals surface area contributed by atoms with Crippen LogP contribution in [0.15, 0.2) is 29.8 Å². The number of ether oxygens (including phenoxy) is 1. The van der Waals surface area contributed by atoms with Crippen molar-refractivity contribution < 1.29 is 14.3 Å². The van der Waals surface area contributed by atoms with Crippen molar-refractivity contribution >= 4 is 29.2 Å². The molecule has 0 saturated carbocycles. The van der Waals surface area contributed by atoms with Crippen LogP contribution in [0, 0.1) is 0 Å². The number of benzene rings is 1. The molecule has 0 radical (unpaired) electrons. The molecule has 0 unspecified atom stereocenters. The summed E-state index contributed by atoms with van der Waals surface area (Å²) in [5.74, 6) is -0.950. The van der Waals surface area contributed by atoms with Crippen molar-refractivity contribution in [2.45, 2.75) is 45.1 Å². The van der Waals surface area contributed by atoms with E-state index in [1.807, 2.05) is 0 Å². The van der Waals surface area contributed by atoms with Crippen molar-refractivity contribution in [3.8, 4) is 0 Å². The van der Waals surface area contributed by atoms with Crippen molar-refractivity contribution in [2.75, 3.05) is 12.3 Å². The van der Waals surface area contributed by atoms with Crippen LogP contribution in [0.25, 0.3) is 0 Å². The van der Waals surface area contributed by atoms with E-state index in [9.17, 15) is 9.59 Å². The first kappa shape index (κ1) is 18.3. The molecule has 0 spiro atoms. The molecule has 1 aliphatic carbocycles. The number of carbonyl (C=O) groups is 2. The fraction of sp³-hybridized carbons (Fsp3) is 0.444. The monoisotopic (exact) mass is 350 g/mol. The minimum Gasteiger partial charge on any atom is -0.449 e. The number of carbonyl (C=O) groups excluding carboxylic acids is 2.